The van der Waals surface area contributed by atoms with Gasteiger partial charge in [0, 0.05) is 63.0 Å². The second-order valence-corrected chi connectivity index (χ2v) is 14.3. The molecule has 7 rings (SSSR count). The maximum atomic E-state index is 13.4. The molecule has 4 aliphatic heterocycles. The van der Waals surface area contributed by atoms with Crippen molar-refractivity contribution in [3.8, 4) is 0 Å². The fourth-order valence-corrected chi connectivity index (χ4v) is 7.51. The zero-order chi connectivity index (χ0) is 41.1. The summed E-state index contributed by atoms with van der Waals surface area (Å²) in [6.07, 6.45) is 5.49. The molecule has 3 N–H and O–H groups in total. The number of aromatic nitrogens is 2. The first-order valence-electron chi connectivity index (χ1n) is 19.9. The number of imide groups is 2. The van der Waals surface area contributed by atoms with E-state index in [1.807, 2.05) is 35.2 Å². The van der Waals surface area contributed by atoms with Gasteiger partial charge < -0.3 is 29.7 Å². The molecule has 2 unspecified atom stereocenters. The molecule has 0 radical (unpaired) electrons. The Balaban J connectivity index is 0.728. The van der Waals surface area contributed by atoms with Crippen LogP contribution < -0.4 is 20.9 Å². The third-order valence-electron chi connectivity index (χ3n) is 10.5. The van der Waals surface area contributed by atoms with Gasteiger partial charge in [-0.15, -0.1) is 0 Å². The van der Waals surface area contributed by atoms with Crippen LogP contribution in [0.1, 0.15) is 74.9 Å². The van der Waals surface area contributed by atoms with E-state index in [0.29, 0.717) is 83.6 Å². The molecular formula is C41H47N9O9. The Kier molecular flexibility index (Phi) is 13.6. The van der Waals surface area contributed by atoms with E-state index in [0.717, 1.165) is 10.5 Å². The van der Waals surface area contributed by atoms with Crippen molar-refractivity contribution in [3.63, 3.8) is 0 Å². The van der Waals surface area contributed by atoms with Crippen molar-refractivity contribution >= 4 is 53.3 Å². The van der Waals surface area contributed by atoms with E-state index in [1.165, 1.54) is 0 Å². The van der Waals surface area contributed by atoms with Gasteiger partial charge in [-0.3, -0.25) is 39.0 Å². The number of hydrogen-bond acceptors (Lipinski definition) is 14. The average Bonchev–Trinajstić information content (AvgIpc) is 3.85. The van der Waals surface area contributed by atoms with E-state index in [1.54, 1.807) is 41.7 Å². The molecule has 59 heavy (non-hydrogen) atoms. The standard InChI is InChI=1S/C41H47N9O9/c51-34-10-9-33(37(53)47-34)49-39(55)29-7-4-8-30(35(29)40(49)56)42-17-21-57-23-25-59-26-24-58-22-18-43-36(52)31-11-15-44-41(46-31)48-19-13-28(14-20-48)38(54)50-32(12-16-45-50)27-5-2-1-3-6-27/h1-8,11,15-16,28,32-33,42H,9-10,12-14,17-26H2,(H,43,52)(H,47,51,53). The monoisotopic (exact) mass is 809 g/mol. The van der Waals surface area contributed by atoms with Crippen molar-refractivity contribution in [2.24, 2.45) is 11.0 Å². The summed E-state index contributed by atoms with van der Waals surface area (Å²) in [5.41, 5.74) is 2.17. The number of nitrogens with zero attached hydrogens (tertiary/aromatic N) is 6. The molecule has 0 bridgehead atoms. The molecular weight excluding hydrogens is 763 g/mol. The van der Waals surface area contributed by atoms with Gasteiger partial charge in [0.2, 0.25) is 23.7 Å². The summed E-state index contributed by atoms with van der Waals surface area (Å²) in [5.74, 6) is -2.23. The van der Waals surface area contributed by atoms with Crippen LogP contribution in [-0.4, -0.2) is 133 Å². The number of piperidine rings is 2. The molecule has 0 aliphatic carbocycles. The number of rotatable bonds is 18. The summed E-state index contributed by atoms with van der Waals surface area (Å²) >= 11 is 0. The molecule has 310 valence electrons. The minimum atomic E-state index is -1.03. The highest BCUT2D eigenvalue weighted by Gasteiger charge is 2.45. The van der Waals surface area contributed by atoms with E-state index in [2.05, 4.69) is 31.0 Å². The van der Waals surface area contributed by atoms with Crippen molar-refractivity contribution in [1.82, 2.24) is 30.5 Å². The predicted molar refractivity (Wildman–Crippen MR) is 213 cm³/mol. The van der Waals surface area contributed by atoms with E-state index in [4.69, 9.17) is 14.2 Å². The number of benzene rings is 2. The fraction of sp³-hybridized carbons (Fsp3) is 0.439. The van der Waals surface area contributed by atoms with E-state index in [9.17, 15) is 28.8 Å². The van der Waals surface area contributed by atoms with E-state index >= 15 is 0 Å². The second-order valence-electron chi connectivity index (χ2n) is 14.3. The van der Waals surface area contributed by atoms with Crippen LogP contribution in [0.15, 0.2) is 65.9 Å². The highest BCUT2D eigenvalue weighted by molar-refractivity contribution is 6.25. The second kappa shape index (κ2) is 19.6. The number of carbonyl (C=O) groups is 6. The number of anilines is 2. The van der Waals surface area contributed by atoms with Gasteiger partial charge in [0.05, 0.1) is 56.8 Å². The van der Waals surface area contributed by atoms with Gasteiger partial charge in [0.25, 0.3) is 17.7 Å². The lowest BCUT2D eigenvalue weighted by molar-refractivity contribution is -0.138. The lowest BCUT2D eigenvalue weighted by Crippen LogP contribution is -2.54. The number of hydrogen-bond donors (Lipinski definition) is 3. The summed E-state index contributed by atoms with van der Waals surface area (Å²) in [5, 5.41) is 14.2. The van der Waals surface area contributed by atoms with Crippen molar-refractivity contribution in [1.29, 1.82) is 0 Å². The first kappa shape index (κ1) is 41.1. The number of fused-ring (bicyclic) bond motifs is 1. The number of amides is 6. The Bertz CT molecular complexity index is 2060. The largest absolute Gasteiger partial charge is 0.382 e. The van der Waals surface area contributed by atoms with Gasteiger partial charge in [-0.1, -0.05) is 36.4 Å². The third-order valence-corrected chi connectivity index (χ3v) is 10.5. The molecule has 18 heteroatoms. The normalized spacial score (nSPS) is 19.3. The van der Waals surface area contributed by atoms with Crippen LogP contribution in [0, 0.1) is 5.92 Å². The summed E-state index contributed by atoms with van der Waals surface area (Å²) in [6, 6.07) is 15.3. The maximum absolute atomic E-state index is 13.4. The van der Waals surface area contributed by atoms with E-state index in [-0.39, 0.29) is 66.6 Å². The number of nitrogens with one attached hydrogen (secondary N) is 3. The van der Waals surface area contributed by atoms with Crippen LogP contribution in [-0.2, 0) is 28.6 Å². The van der Waals surface area contributed by atoms with Crippen molar-refractivity contribution in [2.75, 3.05) is 76.0 Å². The molecule has 2 fully saturated rings. The van der Waals surface area contributed by atoms with Gasteiger partial charge in [-0.05, 0) is 43.0 Å². The number of carbonyl (C=O) groups excluding carboxylic acids is 6. The van der Waals surface area contributed by atoms with Gasteiger partial charge in [0.1, 0.15) is 11.7 Å². The molecule has 3 aromatic rings. The summed E-state index contributed by atoms with van der Waals surface area (Å²) < 4.78 is 16.8. The molecule has 0 spiro atoms. The fourth-order valence-electron chi connectivity index (χ4n) is 7.51. The molecule has 18 nitrogen and oxygen atoms in total. The SMILES string of the molecule is O=C1CCC(N2C(=O)c3cccc(NCCOCCOCCOCCNC(=O)c4ccnc(N5CCC(C(=O)N6N=CCC6c6ccccc6)CC5)n4)c3C2=O)C(=O)N1. The molecule has 2 atom stereocenters. The number of hydrazone groups is 1. The summed E-state index contributed by atoms with van der Waals surface area (Å²) in [6.45, 7) is 3.73. The highest BCUT2D eigenvalue weighted by atomic mass is 16.5. The zero-order valence-electron chi connectivity index (χ0n) is 32.5. The van der Waals surface area contributed by atoms with Crippen LogP contribution in [0.2, 0.25) is 0 Å². The van der Waals surface area contributed by atoms with Gasteiger partial charge >= 0.3 is 0 Å². The first-order chi connectivity index (χ1) is 28.8. The Morgan fingerprint density at radius 3 is 2.27 bits per heavy atom. The molecule has 1 aromatic heterocycles. The van der Waals surface area contributed by atoms with Crippen molar-refractivity contribution < 1.29 is 43.0 Å². The van der Waals surface area contributed by atoms with Gasteiger partial charge in [0.15, 0.2) is 0 Å². The molecule has 2 aromatic carbocycles. The Morgan fingerprint density at radius 1 is 0.797 bits per heavy atom. The molecule has 0 saturated carbocycles. The quantitative estimate of drug-likeness (QED) is 0.124. The average molecular weight is 810 g/mol. The predicted octanol–water partition coefficient (Wildman–Crippen LogP) is 1.95. The van der Waals surface area contributed by atoms with Crippen molar-refractivity contribution in [3.05, 3.63) is 83.2 Å². The Morgan fingerprint density at radius 2 is 1.53 bits per heavy atom. The molecule has 6 amide bonds. The third kappa shape index (κ3) is 9.78. The minimum absolute atomic E-state index is 0.0308. The first-order valence-corrected chi connectivity index (χ1v) is 19.9. The van der Waals surface area contributed by atoms with Gasteiger partial charge in [-0.2, -0.15) is 5.10 Å². The maximum Gasteiger partial charge on any atom is 0.270 e. The lowest BCUT2D eigenvalue weighted by Gasteiger charge is -2.33. The van der Waals surface area contributed by atoms with Gasteiger partial charge in [-0.25, -0.2) is 15.0 Å². The van der Waals surface area contributed by atoms with Crippen LogP contribution >= 0.6 is 0 Å². The van der Waals surface area contributed by atoms with E-state index < -0.39 is 29.7 Å². The van der Waals surface area contributed by atoms with Crippen molar-refractivity contribution in [2.45, 2.75) is 44.2 Å². The topological polar surface area (TPSA) is 214 Å². The zero-order valence-corrected chi connectivity index (χ0v) is 32.5. The van der Waals surface area contributed by atoms with Crippen LogP contribution in [0.25, 0.3) is 0 Å². The molecule has 4 aliphatic rings. The molecule has 2 saturated heterocycles. The summed E-state index contributed by atoms with van der Waals surface area (Å²) in [4.78, 5) is 88.1. The summed E-state index contributed by atoms with van der Waals surface area (Å²) in [7, 11) is 0. The lowest BCUT2D eigenvalue weighted by atomic mass is 9.94. The van der Waals surface area contributed by atoms with Crippen LogP contribution in [0.3, 0.4) is 0 Å². The molecule has 5 heterocycles. The minimum Gasteiger partial charge on any atom is -0.382 e. The Labute approximate surface area is 340 Å². The van der Waals surface area contributed by atoms with Crippen LogP contribution in [0.4, 0.5) is 11.6 Å². The number of ether oxygens (including phenoxy) is 3. The highest BCUT2D eigenvalue weighted by Crippen LogP contribution is 2.33. The Hall–Kier alpha value is -6.11. The smallest absolute Gasteiger partial charge is 0.270 e. The van der Waals surface area contributed by atoms with Crippen LogP contribution in [0.5, 0.6) is 0 Å².